The molecule has 1 aliphatic rings. The van der Waals surface area contributed by atoms with E-state index < -0.39 is 0 Å². The Morgan fingerprint density at radius 1 is 0.733 bits per heavy atom. The Hall–Kier alpha value is -2.16. The highest BCUT2D eigenvalue weighted by Crippen LogP contribution is 2.48. The maximum atomic E-state index is 9.58. The summed E-state index contributed by atoms with van der Waals surface area (Å²) < 4.78 is 11.1. The van der Waals surface area contributed by atoms with Gasteiger partial charge in [-0.1, -0.05) is 18.2 Å². The molecular weight excluding hydrogens is 192 g/mol. The summed E-state index contributed by atoms with van der Waals surface area (Å²) in [6.07, 6.45) is 0. The maximum Gasteiger partial charge on any atom is 0.211 e. The van der Waals surface area contributed by atoms with Gasteiger partial charge in [0.05, 0.1) is 0 Å². The minimum absolute atomic E-state index is 0.0852. The first-order valence-electron chi connectivity index (χ1n) is 4.61. The van der Waals surface area contributed by atoms with Crippen molar-refractivity contribution in [1.82, 2.24) is 0 Å². The largest absolute Gasteiger partial charge is 0.504 e. The van der Waals surface area contributed by atoms with Crippen LogP contribution in [0.25, 0.3) is 0 Å². The highest BCUT2D eigenvalue weighted by atomic mass is 16.6. The lowest BCUT2D eigenvalue weighted by Crippen LogP contribution is -1.98. The normalized spacial score (nSPS) is 12.0. The van der Waals surface area contributed by atoms with Crippen molar-refractivity contribution in [2.24, 2.45) is 0 Å². The van der Waals surface area contributed by atoms with Gasteiger partial charge in [0.15, 0.2) is 23.0 Å². The molecule has 0 saturated carbocycles. The number of phenolic OH excluding ortho intramolecular Hbond substituents is 1. The van der Waals surface area contributed by atoms with E-state index in [1.807, 2.05) is 18.2 Å². The average molecular weight is 200 g/mol. The topological polar surface area (TPSA) is 38.7 Å². The molecule has 1 aliphatic heterocycles. The SMILES string of the molecule is Oc1cccc2c1Oc1ccccc1O2. The summed E-state index contributed by atoms with van der Waals surface area (Å²) in [7, 11) is 0. The molecular formula is C12H8O3. The van der Waals surface area contributed by atoms with Gasteiger partial charge in [0.25, 0.3) is 0 Å². The number of aromatic hydroxyl groups is 1. The summed E-state index contributed by atoms with van der Waals surface area (Å²) in [6, 6.07) is 12.4. The molecule has 1 N–H and O–H groups in total. The van der Waals surface area contributed by atoms with Gasteiger partial charge >= 0.3 is 0 Å². The Bertz CT molecular complexity index is 520. The van der Waals surface area contributed by atoms with E-state index in [0.717, 1.165) is 0 Å². The zero-order valence-electron chi connectivity index (χ0n) is 7.81. The number of fused-ring (bicyclic) bond motifs is 2. The first-order valence-corrected chi connectivity index (χ1v) is 4.61. The smallest absolute Gasteiger partial charge is 0.211 e. The minimum atomic E-state index is 0.0852. The lowest BCUT2D eigenvalue weighted by atomic mass is 10.2. The summed E-state index contributed by atoms with van der Waals surface area (Å²) in [6.45, 7) is 0. The molecule has 0 amide bonds. The van der Waals surface area contributed by atoms with Gasteiger partial charge in [-0.3, -0.25) is 0 Å². The number of rotatable bonds is 0. The summed E-state index contributed by atoms with van der Waals surface area (Å²) in [4.78, 5) is 0. The second-order valence-corrected chi connectivity index (χ2v) is 3.26. The Labute approximate surface area is 86.5 Å². The van der Waals surface area contributed by atoms with E-state index in [4.69, 9.17) is 9.47 Å². The van der Waals surface area contributed by atoms with Crippen LogP contribution >= 0.6 is 0 Å². The third kappa shape index (κ3) is 1.21. The fourth-order valence-electron chi connectivity index (χ4n) is 1.53. The Morgan fingerprint density at radius 2 is 1.40 bits per heavy atom. The molecule has 0 fully saturated rings. The molecule has 0 radical (unpaired) electrons. The van der Waals surface area contributed by atoms with E-state index in [1.54, 1.807) is 24.3 Å². The number of hydrogen-bond donors (Lipinski definition) is 1. The fourth-order valence-corrected chi connectivity index (χ4v) is 1.53. The number of hydrogen-bond acceptors (Lipinski definition) is 3. The summed E-state index contributed by atoms with van der Waals surface area (Å²) in [5.74, 6) is 2.27. The van der Waals surface area contributed by atoms with Gasteiger partial charge in [0.2, 0.25) is 5.75 Å². The number of para-hydroxylation sites is 3. The summed E-state index contributed by atoms with van der Waals surface area (Å²) in [5, 5.41) is 9.58. The van der Waals surface area contributed by atoms with Crippen molar-refractivity contribution in [3.8, 4) is 28.7 Å². The van der Waals surface area contributed by atoms with Crippen molar-refractivity contribution in [2.45, 2.75) is 0 Å². The van der Waals surface area contributed by atoms with Crippen molar-refractivity contribution in [3.63, 3.8) is 0 Å². The van der Waals surface area contributed by atoms with Crippen LogP contribution < -0.4 is 9.47 Å². The standard InChI is InChI=1S/C12H8O3/c13-8-4-3-7-11-12(8)15-10-6-2-1-5-9(10)14-11/h1-7,13H. The molecule has 3 heteroatoms. The van der Waals surface area contributed by atoms with Gasteiger partial charge in [-0.25, -0.2) is 0 Å². The molecule has 0 unspecified atom stereocenters. The lowest BCUT2D eigenvalue weighted by molar-refractivity contribution is 0.337. The third-order valence-corrected chi connectivity index (χ3v) is 2.24. The highest BCUT2D eigenvalue weighted by Gasteiger charge is 2.20. The minimum Gasteiger partial charge on any atom is -0.504 e. The molecule has 1 heterocycles. The van der Waals surface area contributed by atoms with Crippen LogP contribution in [0.3, 0.4) is 0 Å². The molecule has 0 aliphatic carbocycles. The molecule has 2 aromatic carbocycles. The molecule has 3 nitrogen and oxygen atoms in total. The third-order valence-electron chi connectivity index (χ3n) is 2.24. The van der Waals surface area contributed by atoms with Gasteiger partial charge in [-0.05, 0) is 24.3 Å². The van der Waals surface area contributed by atoms with Crippen molar-refractivity contribution in [1.29, 1.82) is 0 Å². The summed E-state index contributed by atoms with van der Waals surface area (Å²) >= 11 is 0. The average Bonchev–Trinajstić information content (AvgIpc) is 2.27. The van der Waals surface area contributed by atoms with Gasteiger partial charge in [-0.15, -0.1) is 0 Å². The van der Waals surface area contributed by atoms with Crippen LogP contribution in [0.1, 0.15) is 0 Å². The molecule has 3 rings (SSSR count). The zero-order valence-corrected chi connectivity index (χ0v) is 7.81. The Kier molecular flexibility index (Phi) is 1.59. The van der Waals surface area contributed by atoms with E-state index >= 15 is 0 Å². The number of ether oxygens (including phenoxy) is 2. The van der Waals surface area contributed by atoms with Crippen molar-refractivity contribution >= 4 is 0 Å². The quantitative estimate of drug-likeness (QED) is 0.605. The molecule has 0 atom stereocenters. The second-order valence-electron chi connectivity index (χ2n) is 3.26. The van der Waals surface area contributed by atoms with Gasteiger partial charge in [0, 0.05) is 0 Å². The Morgan fingerprint density at radius 3 is 2.20 bits per heavy atom. The molecule has 0 saturated heterocycles. The highest BCUT2D eigenvalue weighted by molar-refractivity contribution is 5.59. The molecule has 0 spiro atoms. The fraction of sp³-hybridized carbons (Fsp3) is 0. The van der Waals surface area contributed by atoms with Crippen molar-refractivity contribution in [3.05, 3.63) is 42.5 Å². The molecule has 0 bridgehead atoms. The molecule has 74 valence electrons. The van der Waals surface area contributed by atoms with Crippen LogP contribution in [0.2, 0.25) is 0 Å². The zero-order chi connectivity index (χ0) is 10.3. The van der Waals surface area contributed by atoms with E-state index in [0.29, 0.717) is 23.0 Å². The summed E-state index contributed by atoms with van der Waals surface area (Å²) in [5.41, 5.74) is 0. The maximum absolute atomic E-state index is 9.58. The van der Waals surface area contributed by atoms with E-state index in [9.17, 15) is 5.11 Å². The first kappa shape index (κ1) is 8.17. The van der Waals surface area contributed by atoms with Crippen LogP contribution in [-0.2, 0) is 0 Å². The van der Waals surface area contributed by atoms with Gasteiger partial charge in [0.1, 0.15) is 0 Å². The number of phenols is 1. The van der Waals surface area contributed by atoms with Crippen LogP contribution in [0.4, 0.5) is 0 Å². The van der Waals surface area contributed by atoms with E-state index in [-0.39, 0.29) is 5.75 Å². The van der Waals surface area contributed by atoms with Crippen LogP contribution in [0.15, 0.2) is 42.5 Å². The van der Waals surface area contributed by atoms with Crippen molar-refractivity contribution in [2.75, 3.05) is 0 Å². The molecule has 0 aromatic heterocycles. The second kappa shape index (κ2) is 2.92. The lowest BCUT2D eigenvalue weighted by Gasteiger charge is -2.20. The predicted molar refractivity (Wildman–Crippen MR) is 54.7 cm³/mol. The van der Waals surface area contributed by atoms with E-state index in [2.05, 4.69) is 0 Å². The molecule has 15 heavy (non-hydrogen) atoms. The van der Waals surface area contributed by atoms with E-state index in [1.165, 1.54) is 0 Å². The van der Waals surface area contributed by atoms with Gasteiger partial charge in [-0.2, -0.15) is 0 Å². The van der Waals surface area contributed by atoms with Crippen LogP contribution in [-0.4, -0.2) is 5.11 Å². The predicted octanol–water partition coefficient (Wildman–Crippen LogP) is 3.29. The number of benzene rings is 2. The van der Waals surface area contributed by atoms with Crippen LogP contribution in [0, 0.1) is 0 Å². The molecule has 2 aromatic rings. The van der Waals surface area contributed by atoms with Crippen molar-refractivity contribution < 1.29 is 14.6 Å². The monoisotopic (exact) mass is 200 g/mol. The first-order chi connectivity index (χ1) is 7.34. The van der Waals surface area contributed by atoms with Gasteiger partial charge < -0.3 is 14.6 Å². The van der Waals surface area contributed by atoms with Crippen LogP contribution in [0.5, 0.6) is 28.7 Å². The Balaban J connectivity index is 2.15.